The van der Waals surface area contributed by atoms with Gasteiger partial charge < -0.3 is 14.2 Å². The number of carbonyl (C=O) groups excluding carboxylic acids is 1. The Kier molecular flexibility index (Phi) is 3.45. The molecule has 2 bridgehead atoms. The molecule has 122 valence electrons. The van der Waals surface area contributed by atoms with E-state index in [9.17, 15) is 4.79 Å². The quantitative estimate of drug-likeness (QED) is 0.696. The number of hydrogen-bond donors (Lipinski definition) is 1. The number of quaternary nitrogens is 1. The Morgan fingerprint density at radius 2 is 1.96 bits per heavy atom. The van der Waals surface area contributed by atoms with Gasteiger partial charge in [0, 0.05) is 42.8 Å². The third-order valence-corrected chi connectivity index (χ3v) is 6.34. The molecule has 1 N–H and O–H groups in total. The number of para-hydroxylation sites is 1. The number of nitrogens with zero attached hydrogens (tertiary/aromatic N) is 1. The molecule has 4 heteroatoms. The van der Waals surface area contributed by atoms with Crippen LogP contribution in [0.15, 0.2) is 30.5 Å². The van der Waals surface area contributed by atoms with Gasteiger partial charge in [0.25, 0.3) is 0 Å². The van der Waals surface area contributed by atoms with Gasteiger partial charge in [-0.2, -0.15) is 0 Å². The molecule has 4 nitrogen and oxygen atoms in total. The first-order chi connectivity index (χ1) is 11.1. The summed E-state index contributed by atoms with van der Waals surface area (Å²) in [5.74, 6) is -0.181. The third-order valence-electron chi connectivity index (χ3n) is 6.34. The largest absolute Gasteiger partial charge is 0.458 e. The Morgan fingerprint density at radius 3 is 2.65 bits per heavy atom. The van der Waals surface area contributed by atoms with Crippen LogP contribution in [-0.4, -0.2) is 47.2 Å². The molecule has 3 heterocycles. The number of fused-ring (bicyclic) bond motifs is 3. The van der Waals surface area contributed by atoms with Crippen molar-refractivity contribution in [3.63, 3.8) is 0 Å². The first-order valence-electron chi connectivity index (χ1n) is 8.74. The van der Waals surface area contributed by atoms with Gasteiger partial charge in [-0.25, -0.2) is 4.79 Å². The Hall–Kier alpha value is -1.81. The van der Waals surface area contributed by atoms with Crippen LogP contribution in [0.3, 0.4) is 0 Å². The van der Waals surface area contributed by atoms with Gasteiger partial charge in [-0.15, -0.1) is 0 Å². The predicted molar refractivity (Wildman–Crippen MR) is 90.3 cm³/mol. The van der Waals surface area contributed by atoms with Gasteiger partial charge in [0.2, 0.25) is 0 Å². The van der Waals surface area contributed by atoms with Crippen LogP contribution in [0, 0.1) is 0 Å². The summed E-state index contributed by atoms with van der Waals surface area (Å²) in [7, 11) is 2.38. The Bertz CT molecular complexity index is 722. The zero-order valence-corrected chi connectivity index (χ0v) is 13.9. The van der Waals surface area contributed by atoms with Gasteiger partial charge in [0.05, 0.1) is 31.2 Å². The topological polar surface area (TPSA) is 42.1 Å². The monoisotopic (exact) mass is 313 g/mol. The number of esters is 1. The molecule has 1 aromatic carbocycles. The first kappa shape index (κ1) is 14.8. The molecule has 2 saturated heterocycles. The van der Waals surface area contributed by atoms with Gasteiger partial charge in [-0.05, 0) is 13.0 Å². The molecule has 4 rings (SSSR count). The van der Waals surface area contributed by atoms with Crippen LogP contribution in [0.2, 0.25) is 0 Å². The standard InChI is InChI=1S/C19H24N2O2/c1-3-21(2)13-8-9-14(21)11-15(10-13)23-19(22)17-12-20-18-7-5-4-6-16(17)18/h4-7,12-15H,3,8-11H2,1-2H3/p+1. The molecule has 0 radical (unpaired) electrons. The van der Waals surface area contributed by atoms with Crippen molar-refractivity contribution in [2.45, 2.75) is 50.8 Å². The highest BCUT2D eigenvalue weighted by Crippen LogP contribution is 2.42. The van der Waals surface area contributed by atoms with E-state index in [4.69, 9.17) is 4.74 Å². The third kappa shape index (κ3) is 2.27. The van der Waals surface area contributed by atoms with Crippen molar-refractivity contribution in [1.82, 2.24) is 4.98 Å². The number of rotatable bonds is 3. The van der Waals surface area contributed by atoms with Crippen LogP contribution in [0.25, 0.3) is 10.9 Å². The van der Waals surface area contributed by atoms with Crippen molar-refractivity contribution in [3.8, 4) is 0 Å². The fourth-order valence-electron chi connectivity index (χ4n) is 4.76. The van der Waals surface area contributed by atoms with Crippen molar-refractivity contribution in [2.24, 2.45) is 0 Å². The van der Waals surface area contributed by atoms with Crippen LogP contribution in [0.1, 0.15) is 43.0 Å². The molecule has 2 fully saturated rings. The van der Waals surface area contributed by atoms with Crippen molar-refractivity contribution in [3.05, 3.63) is 36.0 Å². The summed E-state index contributed by atoms with van der Waals surface area (Å²) in [6.07, 6.45) is 6.42. The van der Waals surface area contributed by atoms with Crippen molar-refractivity contribution in [1.29, 1.82) is 0 Å². The van der Waals surface area contributed by atoms with Crippen LogP contribution in [-0.2, 0) is 4.74 Å². The second-order valence-corrected chi connectivity index (χ2v) is 7.29. The predicted octanol–water partition coefficient (Wildman–Crippen LogP) is 3.48. The number of nitrogens with one attached hydrogen (secondary N) is 1. The molecule has 0 saturated carbocycles. The Labute approximate surface area is 137 Å². The maximum atomic E-state index is 12.6. The number of benzene rings is 1. The second-order valence-electron chi connectivity index (χ2n) is 7.29. The molecule has 2 aliphatic rings. The summed E-state index contributed by atoms with van der Waals surface area (Å²) in [5.41, 5.74) is 1.64. The molecule has 0 aliphatic carbocycles. The lowest BCUT2D eigenvalue weighted by atomic mass is 9.96. The Balaban J connectivity index is 1.50. The van der Waals surface area contributed by atoms with Crippen molar-refractivity contribution >= 4 is 16.9 Å². The highest BCUT2D eigenvalue weighted by atomic mass is 16.5. The van der Waals surface area contributed by atoms with Gasteiger partial charge in [-0.1, -0.05) is 18.2 Å². The highest BCUT2D eigenvalue weighted by Gasteiger charge is 2.51. The number of ether oxygens (including phenoxy) is 1. The zero-order valence-electron chi connectivity index (χ0n) is 13.9. The lowest BCUT2D eigenvalue weighted by Gasteiger charge is -2.46. The van der Waals surface area contributed by atoms with Crippen molar-refractivity contribution in [2.75, 3.05) is 13.6 Å². The SMILES string of the molecule is CC[N+]1(C)C2CCC1CC(OC(=O)c1c[nH]c3ccccc13)C2. The average molecular weight is 313 g/mol. The molecular formula is C19H25N2O2+. The molecule has 23 heavy (non-hydrogen) atoms. The molecule has 0 spiro atoms. The molecule has 2 atom stereocenters. The minimum Gasteiger partial charge on any atom is -0.458 e. The van der Waals surface area contributed by atoms with E-state index in [0.717, 1.165) is 23.7 Å². The Morgan fingerprint density at radius 1 is 1.26 bits per heavy atom. The van der Waals surface area contributed by atoms with E-state index >= 15 is 0 Å². The maximum Gasteiger partial charge on any atom is 0.340 e. The van der Waals surface area contributed by atoms with Crippen LogP contribution in [0.4, 0.5) is 0 Å². The maximum absolute atomic E-state index is 12.6. The summed E-state index contributed by atoms with van der Waals surface area (Å²) in [6.45, 7) is 3.46. The second kappa shape index (κ2) is 5.38. The van der Waals surface area contributed by atoms with Crippen LogP contribution < -0.4 is 0 Å². The van der Waals surface area contributed by atoms with E-state index < -0.39 is 0 Å². The van der Waals surface area contributed by atoms with E-state index in [1.54, 1.807) is 6.20 Å². The van der Waals surface area contributed by atoms with E-state index in [1.165, 1.54) is 23.9 Å². The lowest BCUT2D eigenvalue weighted by molar-refractivity contribution is -0.947. The number of aromatic amines is 1. The fourth-order valence-corrected chi connectivity index (χ4v) is 4.76. The van der Waals surface area contributed by atoms with E-state index in [0.29, 0.717) is 17.6 Å². The summed E-state index contributed by atoms with van der Waals surface area (Å²) >= 11 is 0. The molecular weight excluding hydrogens is 288 g/mol. The smallest absolute Gasteiger partial charge is 0.340 e. The summed E-state index contributed by atoms with van der Waals surface area (Å²) < 4.78 is 7.06. The molecule has 2 unspecified atom stereocenters. The van der Waals surface area contributed by atoms with Gasteiger partial charge in [0.15, 0.2) is 0 Å². The number of aromatic nitrogens is 1. The van der Waals surface area contributed by atoms with Gasteiger partial charge in [-0.3, -0.25) is 0 Å². The minimum absolute atomic E-state index is 0.0754. The zero-order chi connectivity index (χ0) is 16.0. The van der Waals surface area contributed by atoms with E-state index in [-0.39, 0.29) is 12.1 Å². The van der Waals surface area contributed by atoms with E-state index in [2.05, 4.69) is 19.0 Å². The summed E-state index contributed by atoms with van der Waals surface area (Å²) in [6, 6.07) is 9.18. The van der Waals surface area contributed by atoms with Crippen molar-refractivity contribution < 1.29 is 14.0 Å². The van der Waals surface area contributed by atoms with Gasteiger partial charge >= 0.3 is 5.97 Å². The van der Waals surface area contributed by atoms with Crippen LogP contribution >= 0.6 is 0 Å². The highest BCUT2D eigenvalue weighted by molar-refractivity contribution is 6.04. The molecule has 2 aliphatic heterocycles. The molecule has 1 aromatic heterocycles. The number of piperidine rings is 1. The van der Waals surface area contributed by atoms with E-state index in [1.807, 2.05) is 24.3 Å². The summed E-state index contributed by atoms with van der Waals surface area (Å²) in [5, 5.41) is 0.949. The number of carbonyl (C=O) groups is 1. The fraction of sp³-hybridized carbons (Fsp3) is 0.526. The molecule has 2 aromatic rings. The number of hydrogen-bond acceptors (Lipinski definition) is 2. The minimum atomic E-state index is -0.181. The number of H-pyrrole nitrogens is 1. The first-order valence-corrected chi connectivity index (χ1v) is 8.74. The van der Waals surface area contributed by atoms with Crippen LogP contribution in [0.5, 0.6) is 0 Å². The normalized spacial score (nSPS) is 33.0. The molecule has 0 amide bonds. The summed E-state index contributed by atoms with van der Waals surface area (Å²) in [4.78, 5) is 15.8. The lowest BCUT2D eigenvalue weighted by Crippen LogP contribution is -2.58. The van der Waals surface area contributed by atoms with Gasteiger partial charge in [0.1, 0.15) is 6.10 Å². The average Bonchev–Trinajstić information content (AvgIpc) is 3.03.